The van der Waals surface area contributed by atoms with Gasteiger partial charge in [0.15, 0.2) is 0 Å². The third-order valence-electron chi connectivity index (χ3n) is 3.80. The topological polar surface area (TPSA) is 44.8 Å². The molecule has 2 aliphatic rings. The molecule has 5 heteroatoms. The fourth-order valence-electron chi connectivity index (χ4n) is 2.47. The van der Waals surface area contributed by atoms with Crippen molar-refractivity contribution < 1.29 is 9.53 Å². The van der Waals surface area contributed by atoms with E-state index in [2.05, 4.69) is 22.2 Å². The molecule has 2 saturated heterocycles. The zero-order valence-corrected chi connectivity index (χ0v) is 13.4. The number of ether oxygens (including phenoxy) is 1. The van der Waals surface area contributed by atoms with Gasteiger partial charge in [0.05, 0.1) is 0 Å². The highest BCUT2D eigenvalue weighted by molar-refractivity contribution is 5.80. The van der Waals surface area contributed by atoms with Gasteiger partial charge in [-0.2, -0.15) is 0 Å². The van der Waals surface area contributed by atoms with Crippen LogP contribution in [-0.4, -0.2) is 74.7 Å². The monoisotopic (exact) mass is 285 g/mol. The van der Waals surface area contributed by atoms with Gasteiger partial charge in [0.1, 0.15) is 6.10 Å². The van der Waals surface area contributed by atoms with Crippen LogP contribution in [0.15, 0.2) is 0 Å². The van der Waals surface area contributed by atoms with Gasteiger partial charge < -0.3 is 15.0 Å². The van der Waals surface area contributed by atoms with Gasteiger partial charge in [-0.25, -0.2) is 0 Å². The van der Waals surface area contributed by atoms with Crippen molar-refractivity contribution in [2.24, 2.45) is 0 Å². The van der Waals surface area contributed by atoms with Crippen LogP contribution in [0.1, 0.15) is 33.1 Å². The van der Waals surface area contributed by atoms with Gasteiger partial charge in [0.2, 0.25) is 5.91 Å². The predicted octanol–water partition coefficient (Wildman–Crippen LogP) is 0.945. The van der Waals surface area contributed by atoms with E-state index in [1.807, 2.05) is 13.8 Å². The minimum Gasteiger partial charge on any atom is -0.368 e. The summed E-state index contributed by atoms with van der Waals surface area (Å²) in [6, 6.07) is 0. The van der Waals surface area contributed by atoms with E-state index in [0.717, 1.165) is 65.1 Å². The van der Waals surface area contributed by atoms with Crippen LogP contribution in [-0.2, 0) is 9.53 Å². The Morgan fingerprint density at radius 1 is 1.20 bits per heavy atom. The molecule has 1 atom stereocenters. The van der Waals surface area contributed by atoms with Gasteiger partial charge in [-0.1, -0.05) is 13.8 Å². The summed E-state index contributed by atoms with van der Waals surface area (Å²) in [5.41, 5.74) is 0. The van der Waals surface area contributed by atoms with E-state index < -0.39 is 0 Å². The summed E-state index contributed by atoms with van der Waals surface area (Å²) in [4.78, 5) is 16.6. The molecular formula is C15H31N3O2. The average molecular weight is 285 g/mol. The van der Waals surface area contributed by atoms with E-state index >= 15 is 0 Å². The second kappa shape index (κ2) is 10.1. The molecule has 0 aromatic heterocycles. The number of rotatable bonds is 4. The summed E-state index contributed by atoms with van der Waals surface area (Å²) < 4.78 is 5.46. The number of carbonyl (C=O) groups excluding carboxylic acids is 1. The molecule has 2 fully saturated rings. The Kier molecular flexibility index (Phi) is 8.82. The smallest absolute Gasteiger partial charge is 0.249 e. The van der Waals surface area contributed by atoms with Crippen molar-refractivity contribution in [1.82, 2.24) is 15.1 Å². The fraction of sp³-hybridized carbons (Fsp3) is 0.933. The molecule has 0 saturated carbocycles. The van der Waals surface area contributed by atoms with Crippen LogP contribution in [0.2, 0.25) is 0 Å². The van der Waals surface area contributed by atoms with Gasteiger partial charge in [-0.3, -0.25) is 9.69 Å². The summed E-state index contributed by atoms with van der Waals surface area (Å²) >= 11 is 0. The average Bonchev–Trinajstić information content (AvgIpc) is 2.52. The molecular weight excluding hydrogens is 254 g/mol. The predicted molar refractivity (Wildman–Crippen MR) is 81.9 cm³/mol. The molecule has 2 heterocycles. The van der Waals surface area contributed by atoms with E-state index in [0.29, 0.717) is 0 Å². The number of nitrogens with one attached hydrogen (secondary N) is 1. The van der Waals surface area contributed by atoms with Crippen molar-refractivity contribution in [3.05, 3.63) is 0 Å². The maximum atomic E-state index is 11.8. The van der Waals surface area contributed by atoms with Crippen LogP contribution >= 0.6 is 0 Å². The lowest BCUT2D eigenvalue weighted by Crippen LogP contribution is -2.48. The molecule has 5 nitrogen and oxygen atoms in total. The SMILES string of the molecule is CC.CN1CCN(CCNC(=O)C2CCCCO2)CC1. The third kappa shape index (κ3) is 6.20. The highest BCUT2D eigenvalue weighted by atomic mass is 16.5. The molecule has 118 valence electrons. The summed E-state index contributed by atoms with van der Waals surface area (Å²) in [5.74, 6) is 0.0730. The first-order valence-electron chi connectivity index (χ1n) is 8.06. The Bertz CT molecular complexity index is 260. The molecule has 0 aromatic rings. The Labute approximate surface area is 123 Å². The molecule has 0 spiro atoms. The van der Waals surface area contributed by atoms with Crippen molar-refractivity contribution in [1.29, 1.82) is 0 Å². The summed E-state index contributed by atoms with van der Waals surface area (Å²) in [6.07, 6.45) is 2.87. The number of amides is 1. The van der Waals surface area contributed by atoms with E-state index in [1.165, 1.54) is 0 Å². The molecule has 2 rings (SSSR count). The highest BCUT2D eigenvalue weighted by Crippen LogP contribution is 2.12. The molecule has 0 bridgehead atoms. The van der Waals surface area contributed by atoms with Crippen LogP contribution in [0, 0.1) is 0 Å². The summed E-state index contributed by atoms with van der Waals surface area (Å²) in [6.45, 7) is 10.9. The Hall–Kier alpha value is -0.650. The molecule has 0 radical (unpaired) electrons. The van der Waals surface area contributed by atoms with Crippen molar-refractivity contribution in [3.63, 3.8) is 0 Å². The summed E-state index contributed by atoms with van der Waals surface area (Å²) in [5, 5.41) is 2.99. The molecule has 1 N–H and O–H groups in total. The Balaban J connectivity index is 0.000000956. The van der Waals surface area contributed by atoms with Gasteiger partial charge in [0.25, 0.3) is 0 Å². The first-order valence-corrected chi connectivity index (χ1v) is 8.06. The second-order valence-electron chi connectivity index (χ2n) is 5.29. The third-order valence-corrected chi connectivity index (χ3v) is 3.80. The molecule has 0 aromatic carbocycles. The van der Waals surface area contributed by atoms with Crippen molar-refractivity contribution >= 4 is 5.91 Å². The van der Waals surface area contributed by atoms with E-state index in [-0.39, 0.29) is 12.0 Å². The quantitative estimate of drug-likeness (QED) is 0.835. The number of nitrogens with zero attached hydrogens (tertiary/aromatic N) is 2. The second-order valence-corrected chi connectivity index (χ2v) is 5.29. The molecule has 1 unspecified atom stereocenters. The fourth-order valence-corrected chi connectivity index (χ4v) is 2.47. The standard InChI is InChI=1S/C13H25N3O2.C2H6/c1-15-7-9-16(10-8-15)6-5-14-13(17)12-4-2-3-11-18-12;1-2/h12H,2-11H2,1H3,(H,14,17);1-2H3. The lowest BCUT2D eigenvalue weighted by atomic mass is 10.1. The van der Waals surface area contributed by atoms with Crippen molar-refractivity contribution in [2.45, 2.75) is 39.2 Å². The number of likely N-dealkylation sites (N-methyl/N-ethyl adjacent to an activating group) is 1. The summed E-state index contributed by atoms with van der Waals surface area (Å²) in [7, 11) is 2.15. The first kappa shape index (κ1) is 17.4. The first-order chi connectivity index (χ1) is 9.75. The number of hydrogen-bond acceptors (Lipinski definition) is 4. The molecule has 0 aliphatic carbocycles. The molecule has 2 aliphatic heterocycles. The van der Waals surface area contributed by atoms with Gasteiger partial charge >= 0.3 is 0 Å². The van der Waals surface area contributed by atoms with E-state index in [4.69, 9.17) is 4.74 Å². The zero-order valence-electron chi connectivity index (χ0n) is 13.4. The van der Waals surface area contributed by atoms with Crippen LogP contribution in [0.5, 0.6) is 0 Å². The largest absolute Gasteiger partial charge is 0.368 e. The lowest BCUT2D eigenvalue weighted by molar-refractivity contribution is -0.135. The molecule has 1 amide bonds. The van der Waals surface area contributed by atoms with Crippen molar-refractivity contribution in [2.75, 3.05) is 52.9 Å². The van der Waals surface area contributed by atoms with E-state index in [9.17, 15) is 4.79 Å². The maximum Gasteiger partial charge on any atom is 0.249 e. The molecule has 20 heavy (non-hydrogen) atoms. The Morgan fingerprint density at radius 3 is 2.50 bits per heavy atom. The van der Waals surface area contributed by atoms with Crippen LogP contribution in [0.4, 0.5) is 0 Å². The lowest BCUT2D eigenvalue weighted by Gasteiger charge is -2.32. The van der Waals surface area contributed by atoms with Gasteiger partial charge in [0, 0.05) is 45.9 Å². The minimum absolute atomic E-state index is 0.0730. The maximum absolute atomic E-state index is 11.8. The number of piperazine rings is 1. The Morgan fingerprint density at radius 2 is 1.90 bits per heavy atom. The van der Waals surface area contributed by atoms with E-state index in [1.54, 1.807) is 0 Å². The normalized spacial score (nSPS) is 24.6. The highest BCUT2D eigenvalue weighted by Gasteiger charge is 2.21. The van der Waals surface area contributed by atoms with Gasteiger partial charge in [-0.15, -0.1) is 0 Å². The minimum atomic E-state index is -0.203. The number of hydrogen-bond donors (Lipinski definition) is 1. The van der Waals surface area contributed by atoms with Crippen molar-refractivity contribution in [3.8, 4) is 0 Å². The van der Waals surface area contributed by atoms with Gasteiger partial charge in [-0.05, 0) is 26.3 Å². The van der Waals surface area contributed by atoms with Crippen LogP contribution in [0.3, 0.4) is 0 Å². The van der Waals surface area contributed by atoms with Crippen LogP contribution < -0.4 is 5.32 Å². The number of carbonyl (C=O) groups is 1. The zero-order chi connectivity index (χ0) is 14.8. The van der Waals surface area contributed by atoms with Crippen LogP contribution in [0.25, 0.3) is 0 Å².